The Balaban J connectivity index is 1.76. The number of hydrogen-bond acceptors (Lipinski definition) is 8. The Bertz CT molecular complexity index is 717. The molecule has 1 fully saturated rings. The van der Waals surface area contributed by atoms with E-state index in [1.165, 1.54) is 4.31 Å². The van der Waals surface area contributed by atoms with E-state index in [1.807, 2.05) is 5.38 Å². The normalized spacial score (nSPS) is 17.3. The summed E-state index contributed by atoms with van der Waals surface area (Å²) in [5.74, 6) is 0. The Morgan fingerprint density at radius 3 is 2.52 bits per heavy atom. The average Bonchev–Trinajstić information content (AvgIpc) is 3.09. The molecule has 1 aliphatic rings. The Morgan fingerprint density at radius 2 is 2.00 bits per heavy atom. The van der Waals surface area contributed by atoms with Crippen LogP contribution in [-0.4, -0.2) is 48.9 Å². The molecule has 0 unspecified atom stereocenters. The Kier molecular flexibility index (Phi) is 3.86. The Labute approximate surface area is 131 Å². The van der Waals surface area contributed by atoms with Gasteiger partial charge in [-0.15, -0.1) is 11.3 Å². The van der Waals surface area contributed by atoms with Gasteiger partial charge in [0.2, 0.25) is 0 Å². The Hall–Kier alpha value is -1.23. The first-order valence-corrected chi connectivity index (χ1v) is 9.49. The third-order valence-electron chi connectivity index (χ3n) is 3.27. The molecule has 0 atom stereocenters. The molecule has 2 aromatic rings. The summed E-state index contributed by atoms with van der Waals surface area (Å²) in [6.45, 7) is 3.84. The van der Waals surface area contributed by atoms with Crippen LogP contribution in [0.5, 0.6) is 0 Å². The van der Waals surface area contributed by atoms with Gasteiger partial charge in [0, 0.05) is 37.8 Å². The second-order valence-corrected chi connectivity index (χ2v) is 8.67. The van der Waals surface area contributed by atoms with Gasteiger partial charge >= 0.3 is 0 Å². The van der Waals surface area contributed by atoms with Crippen molar-refractivity contribution < 1.29 is 8.42 Å². The van der Waals surface area contributed by atoms with Gasteiger partial charge in [-0.1, -0.05) is 11.3 Å². The molecule has 0 aliphatic carbocycles. The van der Waals surface area contributed by atoms with Crippen molar-refractivity contribution in [2.45, 2.75) is 11.1 Å². The highest BCUT2D eigenvalue weighted by molar-refractivity contribution is 7.91. The maximum absolute atomic E-state index is 12.6. The molecule has 2 N–H and O–H groups in total. The molecule has 0 radical (unpaired) electrons. The van der Waals surface area contributed by atoms with Crippen molar-refractivity contribution in [1.82, 2.24) is 14.3 Å². The van der Waals surface area contributed by atoms with Crippen LogP contribution in [0.4, 0.5) is 10.3 Å². The number of nitrogens with zero attached hydrogens (tertiary/aromatic N) is 4. The number of thiazole rings is 2. The minimum atomic E-state index is -3.50. The van der Waals surface area contributed by atoms with E-state index in [0.717, 1.165) is 16.5 Å². The van der Waals surface area contributed by atoms with Gasteiger partial charge in [0.05, 0.1) is 5.69 Å². The van der Waals surface area contributed by atoms with Gasteiger partial charge in [-0.3, -0.25) is 0 Å². The number of nitrogen functional groups attached to an aromatic ring is 1. The van der Waals surface area contributed by atoms with E-state index in [2.05, 4.69) is 14.9 Å². The van der Waals surface area contributed by atoms with Gasteiger partial charge in [0.15, 0.2) is 14.5 Å². The molecule has 3 heterocycles. The van der Waals surface area contributed by atoms with Gasteiger partial charge in [-0.05, 0) is 6.92 Å². The van der Waals surface area contributed by atoms with Crippen LogP contribution < -0.4 is 10.6 Å². The largest absolute Gasteiger partial charge is 0.375 e. The van der Waals surface area contributed by atoms with E-state index in [0.29, 0.717) is 31.9 Å². The summed E-state index contributed by atoms with van der Waals surface area (Å²) in [4.78, 5) is 10.4. The third-order valence-corrected chi connectivity index (χ3v) is 7.58. The molecule has 0 amide bonds. The van der Waals surface area contributed by atoms with E-state index in [1.54, 1.807) is 24.5 Å². The number of aromatic nitrogens is 2. The number of nitrogens with two attached hydrogens (primary N) is 1. The molecule has 114 valence electrons. The summed E-state index contributed by atoms with van der Waals surface area (Å²) in [5.41, 5.74) is 6.07. The quantitative estimate of drug-likeness (QED) is 0.892. The SMILES string of the molecule is Cc1nc(N)sc1S(=O)(=O)N1CCN(c2nccs2)CC1. The maximum atomic E-state index is 12.6. The molecule has 21 heavy (non-hydrogen) atoms. The summed E-state index contributed by atoms with van der Waals surface area (Å²) in [7, 11) is -3.50. The summed E-state index contributed by atoms with van der Waals surface area (Å²) in [6, 6.07) is 0. The number of aryl methyl sites for hydroxylation is 1. The van der Waals surface area contributed by atoms with Gasteiger partial charge in [-0.25, -0.2) is 18.4 Å². The van der Waals surface area contributed by atoms with Crippen molar-refractivity contribution in [2.75, 3.05) is 36.8 Å². The summed E-state index contributed by atoms with van der Waals surface area (Å²) in [6.07, 6.45) is 1.76. The smallest absolute Gasteiger partial charge is 0.254 e. The van der Waals surface area contributed by atoms with Crippen LogP contribution in [0.25, 0.3) is 0 Å². The molecule has 1 saturated heterocycles. The topological polar surface area (TPSA) is 92.4 Å². The van der Waals surface area contributed by atoms with Crippen LogP contribution in [0, 0.1) is 6.92 Å². The molecule has 0 saturated carbocycles. The predicted octanol–water partition coefficient (Wildman–Crippen LogP) is 1.00. The minimum Gasteiger partial charge on any atom is -0.375 e. The minimum absolute atomic E-state index is 0.252. The zero-order valence-electron chi connectivity index (χ0n) is 11.4. The summed E-state index contributed by atoms with van der Waals surface area (Å²) in [5, 5.41) is 3.14. The second-order valence-electron chi connectivity index (χ2n) is 4.63. The maximum Gasteiger partial charge on any atom is 0.254 e. The van der Waals surface area contributed by atoms with Crippen LogP contribution in [0.3, 0.4) is 0 Å². The molecule has 7 nitrogen and oxygen atoms in total. The van der Waals surface area contributed by atoms with Crippen molar-refractivity contribution in [2.24, 2.45) is 0 Å². The monoisotopic (exact) mass is 345 g/mol. The van der Waals surface area contributed by atoms with Crippen LogP contribution in [0.1, 0.15) is 5.69 Å². The zero-order valence-corrected chi connectivity index (χ0v) is 13.8. The Morgan fingerprint density at radius 1 is 1.29 bits per heavy atom. The van der Waals surface area contributed by atoms with Crippen molar-refractivity contribution in [1.29, 1.82) is 0 Å². The second kappa shape index (κ2) is 5.52. The lowest BCUT2D eigenvalue weighted by molar-refractivity contribution is 0.385. The molecule has 0 bridgehead atoms. The fraction of sp³-hybridized carbons (Fsp3) is 0.455. The molecule has 0 spiro atoms. The van der Waals surface area contributed by atoms with Gasteiger partial charge in [-0.2, -0.15) is 4.31 Å². The van der Waals surface area contributed by atoms with E-state index in [4.69, 9.17) is 5.73 Å². The first kappa shape index (κ1) is 14.7. The summed E-state index contributed by atoms with van der Waals surface area (Å²) < 4.78 is 27.0. The number of hydrogen-bond donors (Lipinski definition) is 1. The lowest BCUT2D eigenvalue weighted by Crippen LogP contribution is -2.48. The van der Waals surface area contributed by atoms with Crippen molar-refractivity contribution in [3.63, 3.8) is 0 Å². The fourth-order valence-electron chi connectivity index (χ4n) is 2.25. The van der Waals surface area contributed by atoms with E-state index >= 15 is 0 Å². The first-order valence-electron chi connectivity index (χ1n) is 6.36. The molecule has 0 aromatic carbocycles. The van der Waals surface area contributed by atoms with E-state index in [9.17, 15) is 8.42 Å². The fourth-order valence-corrected chi connectivity index (χ4v) is 5.80. The number of sulfonamides is 1. The zero-order chi connectivity index (χ0) is 15.0. The van der Waals surface area contributed by atoms with E-state index in [-0.39, 0.29) is 9.34 Å². The highest BCUT2D eigenvalue weighted by Gasteiger charge is 2.32. The molecular weight excluding hydrogens is 330 g/mol. The van der Waals surface area contributed by atoms with Crippen molar-refractivity contribution in [3.05, 3.63) is 17.3 Å². The number of anilines is 2. The standard InChI is InChI=1S/C11H15N5O2S3/c1-8-9(20-10(12)14-8)21(17,18)16-5-3-15(4-6-16)11-13-2-7-19-11/h2,7H,3-6H2,1H3,(H2,12,14). The highest BCUT2D eigenvalue weighted by atomic mass is 32.2. The lowest BCUT2D eigenvalue weighted by Gasteiger charge is -2.33. The lowest BCUT2D eigenvalue weighted by atomic mass is 10.4. The van der Waals surface area contributed by atoms with Crippen LogP contribution >= 0.6 is 22.7 Å². The van der Waals surface area contributed by atoms with Gasteiger partial charge in [0.1, 0.15) is 0 Å². The third kappa shape index (κ3) is 2.76. The molecule has 3 rings (SSSR count). The average molecular weight is 345 g/mol. The first-order chi connectivity index (χ1) is 9.98. The highest BCUT2D eigenvalue weighted by Crippen LogP contribution is 2.29. The van der Waals surface area contributed by atoms with Crippen LogP contribution in [0.2, 0.25) is 0 Å². The molecular formula is C11H15N5O2S3. The van der Waals surface area contributed by atoms with Crippen LogP contribution in [-0.2, 0) is 10.0 Å². The van der Waals surface area contributed by atoms with Crippen molar-refractivity contribution in [3.8, 4) is 0 Å². The van der Waals surface area contributed by atoms with Gasteiger partial charge < -0.3 is 10.6 Å². The van der Waals surface area contributed by atoms with Gasteiger partial charge in [0.25, 0.3) is 10.0 Å². The van der Waals surface area contributed by atoms with Crippen molar-refractivity contribution >= 4 is 43.0 Å². The molecule has 10 heteroatoms. The number of rotatable bonds is 3. The molecule has 2 aromatic heterocycles. The molecule has 1 aliphatic heterocycles. The summed E-state index contributed by atoms with van der Waals surface area (Å²) >= 11 is 2.59. The van der Waals surface area contributed by atoms with E-state index < -0.39 is 10.0 Å². The predicted molar refractivity (Wildman–Crippen MR) is 84.3 cm³/mol. The number of piperazine rings is 1. The van der Waals surface area contributed by atoms with Crippen LogP contribution in [0.15, 0.2) is 15.8 Å².